The zero-order valence-electron chi connectivity index (χ0n) is 25.7. The summed E-state index contributed by atoms with van der Waals surface area (Å²) in [7, 11) is 0. The lowest BCUT2D eigenvalue weighted by Gasteiger charge is -2.19. The van der Waals surface area contributed by atoms with Crippen LogP contribution in [0.5, 0.6) is 11.5 Å². The molecule has 0 aliphatic rings. The van der Waals surface area contributed by atoms with Crippen molar-refractivity contribution in [3.63, 3.8) is 0 Å². The van der Waals surface area contributed by atoms with Crippen LogP contribution in [0.2, 0.25) is 10.0 Å². The largest absolute Gasteiger partial charge is 0.490 e. The number of nitrogens with one attached hydrogen (secondary N) is 2. The number of benzene rings is 4. The molecular weight excluding hydrogens is 639 g/mol. The van der Waals surface area contributed by atoms with Crippen LogP contribution < -0.4 is 20.6 Å². The van der Waals surface area contributed by atoms with Gasteiger partial charge in [-0.25, -0.2) is 14.2 Å². The van der Waals surface area contributed by atoms with Gasteiger partial charge in [-0.3, -0.25) is 19.8 Å². The lowest BCUT2D eigenvalue weighted by atomic mass is 9.85. The molecule has 0 aliphatic heterocycles. The number of hydrogen-bond donors (Lipinski definition) is 2. The molecule has 2 aromatic heterocycles. The van der Waals surface area contributed by atoms with Crippen LogP contribution in [0, 0.1) is 13.8 Å². The van der Waals surface area contributed by atoms with Crippen molar-refractivity contribution in [1.29, 1.82) is 0 Å². The number of ether oxygens (including phenoxy) is 2. The molecule has 4 aromatic carbocycles. The van der Waals surface area contributed by atoms with Crippen LogP contribution in [0.4, 0.5) is 0 Å². The van der Waals surface area contributed by atoms with Gasteiger partial charge in [-0.15, -0.1) is 0 Å². The van der Waals surface area contributed by atoms with E-state index >= 15 is 0 Å². The molecule has 9 nitrogen and oxygen atoms in total. The monoisotopic (exact) mass is 668 g/mol. The Kier molecular flexibility index (Phi) is 8.93. The van der Waals surface area contributed by atoms with Gasteiger partial charge in [0.05, 0.1) is 44.7 Å². The number of nitrogens with zero attached hydrogens (tertiary/aromatic N) is 2. The molecule has 0 saturated carbocycles. The molecule has 2 heterocycles. The lowest BCUT2D eigenvalue weighted by Crippen LogP contribution is -2.25. The van der Waals surface area contributed by atoms with Gasteiger partial charge in [-0.2, -0.15) is 0 Å². The lowest BCUT2D eigenvalue weighted by molar-refractivity contribution is 0.0728. The molecule has 0 bridgehead atoms. The summed E-state index contributed by atoms with van der Waals surface area (Å²) in [4.78, 5) is 41.5. The van der Waals surface area contributed by atoms with E-state index < -0.39 is 11.9 Å². The number of esters is 1. The van der Waals surface area contributed by atoms with Gasteiger partial charge in [0, 0.05) is 17.3 Å². The molecule has 0 amide bonds. The summed E-state index contributed by atoms with van der Waals surface area (Å²) in [5, 5.41) is 6.92. The second-order valence-electron chi connectivity index (χ2n) is 10.8. The Morgan fingerprint density at radius 3 is 1.79 bits per heavy atom. The minimum atomic E-state index is -0.823. The molecule has 6 aromatic rings. The first-order valence-corrected chi connectivity index (χ1v) is 15.6. The summed E-state index contributed by atoms with van der Waals surface area (Å²) < 4.78 is 14.6. The number of rotatable bonds is 9. The number of hydrogen-bond acceptors (Lipinski definition) is 5. The predicted molar refractivity (Wildman–Crippen MR) is 182 cm³/mol. The maximum Gasteiger partial charge on any atom is 0.343 e. The number of carbonyl (C=O) groups excluding carboxylic acids is 1. The highest BCUT2D eigenvalue weighted by atomic mass is 35.5. The number of aromatic amines is 2. The van der Waals surface area contributed by atoms with E-state index in [4.69, 9.17) is 32.7 Å². The zero-order valence-corrected chi connectivity index (χ0v) is 27.2. The zero-order chi connectivity index (χ0) is 33.2. The summed E-state index contributed by atoms with van der Waals surface area (Å²) in [6.07, 6.45) is 0. The molecular formula is C36H30Cl2N4O5. The Balaban J connectivity index is 1.52. The molecule has 0 unspecified atom stereocenters. The third kappa shape index (κ3) is 6.15. The van der Waals surface area contributed by atoms with E-state index in [2.05, 4.69) is 10.2 Å². The molecule has 0 atom stereocenters. The third-order valence-corrected chi connectivity index (χ3v) is 8.54. The normalized spacial score (nSPS) is 11.2. The van der Waals surface area contributed by atoms with Gasteiger partial charge in [0.1, 0.15) is 0 Å². The van der Waals surface area contributed by atoms with Gasteiger partial charge in [-0.05, 0) is 80.9 Å². The first-order chi connectivity index (χ1) is 22.7. The third-order valence-electron chi connectivity index (χ3n) is 7.80. The first kappa shape index (κ1) is 31.7. The van der Waals surface area contributed by atoms with E-state index in [-0.39, 0.29) is 39.8 Å². The predicted octanol–water partition coefficient (Wildman–Crippen LogP) is 7.37. The number of H-pyrrole nitrogens is 2. The smallest absolute Gasteiger partial charge is 0.343 e. The van der Waals surface area contributed by atoms with Crippen LogP contribution in [0.15, 0.2) is 107 Å². The van der Waals surface area contributed by atoms with Crippen molar-refractivity contribution in [2.75, 3.05) is 6.61 Å². The van der Waals surface area contributed by atoms with E-state index in [0.29, 0.717) is 44.5 Å². The molecule has 6 rings (SSSR count). The Morgan fingerprint density at radius 2 is 1.28 bits per heavy atom. The molecule has 0 fully saturated rings. The summed E-state index contributed by atoms with van der Waals surface area (Å²) in [5.41, 5.74) is 3.42. The number of carbonyl (C=O) groups is 1. The average Bonchev–Trinajstić information content (AvgIpc) is 3.54. The van der Waals surface area contributed by atoms with Crippen LogP contribution in [0.25, 0.3) is 11.4 Å². The first-order valence-electron chi connectivity index (χ1n) is 14.9. The molecule has 238 valence electrons. The Labute approximate surface area is 279 Å². The highest BCUT2D eigenvalue weighted by Crippen LogP contribution is 2.38. The van der Waals surface area contributed by atoms with Crippen LogP contribution >= 0.6 is 23.2 Å². The molecule has 0 radical (unpaired) electrons. The number of aromatic nitrogens is 4. The second-order valence-corrected chi connectivity index (χ2v) is 11.7. The van der Waals surface area contributed by atoms with E-state index in [1.165, 1.54) is 27.6 Å². The minimum absolute atomic E-state index is 0.158. The van der Waals surface area contributed by atoms with Crippen molar-refractivity contribution >= 4 is 29.2 Å². The summed E-state index contributed by atoms with van der Waals surface area (Å²) in [6, 6.07) is 27.9. The number of halogens is 2. The standard InChI is InChI=1S/C36H30Cl2N4O5/c1-4-46-30-20-23(16-18-29(30)47-36(45)24-15-17-27(37)28(38)19-24)33(31-21(2)39-41(34(31)43)25-11-7-5-8-12-25)32-22(3)40-42(35(32)44)26-13-9-6-10-14-26/h5-20,33,39-40H,4H2,1-3H3. The minimum Gasteiger partial charge on any atom is -0.490 e. The maximum absolute atomic E-state index is 14.2. The number of aryl methyl sites for hydroxylation is 2. The van der Waals surface area contributed by atoms with Crippen molar-refractivity contribution in [3.8, 4) is 22.9 Å². The quantitative estimate of drug-likeness (QED) is 0.123. The van der Waals surface area contributed by atoms with E-state index in [1.807, 2.05) is 60.7 Å². The molecule has 2 N–H and O–H groups in total. The van der Waals surface area contributed by atoms with Crippen LogP contribution in [0.1, 0.15) is 51.3 Å². The highest BCUT2D eigenvalue weighted by molar-refractivity contribution is 6.42. The Bertz CT molecular complexity index is 2100. The highest BCUT2D eigenvalue weighted by Gasteiger charge is 2.32. The average molecular weight is 670 g/mol. The van der Waals surface area contributed by atoms with Crippen molar-refractivity contribution < 1.29 is 14.3 Å². The van der Waals surface area contributed by atoms with Gasteiger partial charge in [0.2, 0.25) is 0 Å². The van der Waals surface area contributed by atoms with E-state index in [0.717, 1.165) is 0 Å². The van der Waals surface area contributed by atoms with Gasteiger partial charge >= 0.3 is 5.97 Å². The Hall–Kier alpha value is -5.25. The van der Waals surface area contributed by atoms with E-state index in [9.17, 15) is 14.4 Å². The fraction of sp³-hybridized carbons (Fsp3) is 0.139. The fourth-order valence-electron chi connectivity index (χ4n) is 5.63. The SMILES string of the molecule is CCOc1cc(C(c2c(C)[nH]n(-c3ccccc3)c2=O)c2c(C)[nH]n(-c3ccccc3)c2=O)ccc1OC(=O)c1ccc(Cl)c(Cl)c1. The summed E-state index contributed by atoms with van der Waals surface area (Å²) in [5.74, 6) is -1.06. The molecule has 0 spiro atoms. The van der Waals surface area contributed by atoms with Crippen molar-refractivity contribution in [2.45, 2.75) is 26.7 Å². The van der Waals surface area contributed by atoms with Gasteiger partial charge in [0.25, 0.3) is 11.1 Å². The Morgan fingerprint density at radius 1 is 0.723 bits per heavy atom. The van der Waals surface area contributed by atoms with Crippen LogP contribution in [-0.4, -0.2) is 32.1 Å². The summed E-state index contributed by atoms with van der Waals surface area (Å²) >= 11 is 12.1. The molecule has 47 heavy (non-hydrogen) atoms. The van der Waals surface area contributed by atoms with Crippen LogP contribution in [-0.2, 0) is 0 Å². The topological polar surface area (TPSA) is 111 Å². The molecule has 11 heteroatoms. The van der Waals surface area contributed by atoms with Crippen LogP contribution in [0.3, 0.4) is 0 Å². The number of para-hydroxylation sites is 2. The van der Waals surface area contributed by atoms with Crippen molar-refractivity contribution in [2.24, 2.45) is 0 Å². The second kappa shape index (κ2) is 13.2. The summed E-state index contributed by atoms with van der Waals surface area (Å²) in [6.45, 7) is 5.67. The van der Waals surface area contributed by atoms with Crippen molar-refractivity contribution in [1.82, 2.24) is 19.6 Å². The fourth-order valence-corrected chi connectivity index (χ4v) is 5.93. The van der Waals surface area contributed by atoms with Crippen molar-refractivity contribution in [3.05, 3.63) is 161 Å². The van der Waals surface area contributed by atoms with Gasteiger partial charge in [-0.1, -0.05) is 65.7 Å². The van der Waals surface area contributed by atoms with Gasteiger partial charge < -0.3 is 9.47 Å². The molecule has 0 aliphatic carbocycles. The molecule has 0 saturated heterocycles. The van der Waals surface area contributed by atoms with E-state index in [1.54, 1.807) is 39.0 Å². The maximum atomic E-state index is 14.2. The van der Waals surface area contributed by atoms with Gasteiger partial charge in [0.15, 0.2) is 11.5 Å².